The van der Waals surface area contributed by atoms with Crippen LogP contribution in [-0.2, 0) is 13.0 Å². The van der Waals surface area contributed by atoms with Crippen LogP contribution in [0.1, 0.15) is 55.4 Å². The summed E-state index contributed by atoms with van der Waals surface area (Å²) in [6.45, 7) is 21.3. The molecule has 0 bridgehead atoms. The Bertz CT molecular complexity index is 508. The third-order valence-corrected chi connectivity index (χ3v) is 16.5. The van der Waals surface area contributed by atoms with Crippen molar-refractivity contribution in [1.29, 1.82) is 0 Å². The average Bonchev–Trinajstić information content (AvgIpc) is 2.70. The molecule has 1 saturated carbocycles. The lowest BCUT2D eigenvalue weighted by Gasteiger charge is -2.51. The van der Waals surface area contributed by atoms with Gasteiger partial charge in [0.05, 0.1) is 6.10 Å². The molecule has 1 aliphatic heterocycles. The molecule has 26 heavy (non-hydrogen) atoms. The van der Waals surface area contributed by atoms with Crippen LogP contribution in [0.4, 0.5) is 4.39 Å². The standard InChI is InChI=1S/C19H37FO4Si2/c1-11(2)25(12(3)4)22-10-16-15(9)18(21)17(20)19(16)23-26(24-25,13(5)6)14(7)8/h11-14,16-19,21H,9-10H2,1-8H3/t16-,17-,18?,19?/m0/s1. The second-order valence-electron chi connectivity index (χ2n) is 9.13. The van der Waals surface area contributed by atoms with E-state index >= 15 is 0 Å². The SMILES string of the molecule is C=C1C(O)[C@H](F)C2O[Si](C(C)C)(C(C)C)O[Si](C(C)C)(C(C)C)OC[C@@H]12. The van der Waals surface area contributed by atoms with Gasteiger partial charge in [0.2, 0.25) is 0 Å². The Balaban J connectivity index is 2.59. The summed E-state index contributed by atoms with van der Waals surface area (Å²) >= 11 is 0. The number of aliphatic hydroxyl groups excluding tert-OH is 1. The summed E-state index contributed by atoms with van der Waals surface area (Å²) in [7, 11) is -5.45. The largest absolute Gasteiger partial charge is 0.414 e. The second-order valence-corrected chi connectivity index (χ2v) is 18.0. The molecule has 0 amide bonds. The van der Waals surface area contributed by atoms with Crippen molar-refractivity contribution < 1.29 is 22.5 Å². The molecule has 2 unspecified atom stereocenters. The molecule has 0 aromatic heterocycles. The van der Waals surface area contributed by atoms with Crippen LogP contribution in [0, 0.1) is 5.92 Å². The minimum atomic E-state index is -2.82. The van der Waals surface area contributed by atoms with Gasteiger partial charge < -0.3 is 18.1 Å². The minimum absolute atomic E-state index is 0.146. The van der Waals surface area contributed by atoms with Gasteiger partial charge in [0.25, 0.3) is 0 Å². The van der Waals surface area contributed by atoms with E-state index in [1.165, 1.54) is 0 Å². The van der Waals surface area contributed by atoms with Crippen LogP contribution in [0.25, 0.3) is 0 Å². The van der Waals surface area contributed by atoms with Gasteiger partial charge in [-0.15, -0.1) is 0 Å². The Kier molecular flexibility index (Phi) is 6.63. The van der Waals surface area contributed by atoms with Crippen LogP contribution in [0.15, 0.2) is 12.2 Å². The predicted molar refractivity (Wildman–Crippen MR) is 107 cm³/mol. The van der Waals surface area contributed by atoms with Crippen LogP contribution >= 0.6 is 0 Å². The smallest absolute Gasteiger partial charge is 0.335 e. The van der Waals surface area contributed by atoms with Gasteiger partial charge >= 0.3 is 17.1 Å². The number of fused-ring (bicyclic) bond motifs is 1. The van der Waals surface area contributed by atoms with Crippen molar-refractivity contribution in [2.75, 3.05) is 6.61 Å². The highest BCUT2D eigenvalue weighted by molar-refractivity contribution is 6.83. The van der Waals surface area contributed by atoms with Crippen LogP contribution in [0.3, 0.4) is 0 Å². The first kappa shape index (κ1) is 22.2. The molecular weight excluding hydrogens is 367 g/mol. The van der Waals surface area contributed by atoms with Crippen molar-refractivity contribution in [3.63, 3.8) is 0 Å². The first-order valence-electron chi connectivity index (χ1n) is 9.93. The number of hydrogen-bond donors (Lipinski definition) is 1. The molecule has 7 heteroatoms. The van der Waals surface area contributed by atoms with Crippen molar-refractivity contribution in [3.8, 4) is 0 Å². The Morgan fingerprint density at radius 1 is 0.962 bits per heavy atom. The molecule has 2 rings (SSSR count). The molecule has 0 spiro atoms. The highest BCUT2D eigenvalue weighted by atomic mass is 28.5. The van der Waals surface area contributed by atoms with Crippen molar-refractivity contribution in [1.82, 2.24) is 0 Å². The monoisotopic (exact) mass is 404 g/mol. The number of alkyl halides is 1. The topological polar surface area (TPSA) is 47.9 Å². The number of rotatable bonds is 4. The lowest BCUT2D eigenvalue weighted by molar-refractivity contribution is -0.00437. The Morgan fingerprint density at radius 2 is 1.42 bits per heavy atom. The summed E-state index contributed by atoms with van der Waals surface area (Å²) in [6.07, 6.45) is -3.40. The number of hydrogen-bond acceptors (Lipinski definition) is 4. The molecule has 1 N–H and O–H groups in total. The number of aliphatic hydroxyl groups is 1. The van der Waals surface area contributed by atoms with E-state index in [0.29, 0.717) is 12.2 Å². The van der Waals surface area contributed by atoms with E-state index in [9.17, 15) is 9.50 Å². The van der Waals surface area contributed by atoms with Crippen molar-refractivity contribution >= 4 is 17.1 Å². The zero-order valence-electron chi connectivity index (χ0n) is 17.6. The maximum absolute atomic E-state index is 14.9. The second kappa shape index (κ2) is 7.75. The van der Waals surface area contributed by atoms with Gasteiger partial charge in [0.15, 0.2) is 6.17 Å². The van der Waals surface area contributed by atoms with E-state index in [4.69, 9.17) is 13.0 Å². The molecule has 4 nitrogen and oxygen atoms in total. The minimum Gasteiger partial charge on any atom is -0.414 e. The normalized spacial score (nSPS) is 34.5. The van der Waals surface area contributed by atoms with Crippen LogP contribution in [0.2, 0.25) is 22.2 Å². The molecule has 1 aliphatic carbocycles. The highest BCUT2D eigenvalue weighted by Crippen LogP contribution is 2.49. The Morgan fingerprint density at radius 3 is 1.85 bits per heavy atom. The zero-order chi connectivity index (χ0) is 20.0. The van der Waals surface area contributed by atoms with Gasteiger partial charge in [-0.1, -0.05) is 62.0 Å². The average molecular weight is 405 g/mol. The molecule has 1 saturated heterocycles. The maximum atomic E-state index is 14.9. The third-order valence-electron chi connectivity index (χ3n) is 6.21. The van der Waals surface area contributed by atoms with Crippen molar-refractivity contribution in [2.45, 2.75) is 95.9 Å². The zero-order valence-corrected chi connectivity index (χ0v) is 19.6. The molecule has 0 aromatic carbocycles. The summed E-state index contributed by atoms with van der Waals surface area (Å²) in [5, 5.41) is 10.3. The van der Waals surface area contributed by atoms with E-state index in [2.05, 4.69) is 62.0 Å². The van der Waals surface area contributed by atoms with E-state index in [-0.39, 0.29) is 28.1 Å². The van der Waals surface area contributed by atoms with Gasteiger partial charge in [0.1, 0.15) is 6.10 Å². The Labute approximate surface area is 160 Å². The Hall–Kier alpha value is -0.0562. The van der Waals surface area contributed by atoms with Crippen LogP contribution in [0.5, 0.6) is 0 Å². The van der Waals surface area contributed by atoms with Crippen molar-refractivity contribution in [2.24, 2.45) is 5.92 Å². The predicted octanol–water partition coefficient (Wildman–Crippen LogP) is 4.83. The lowest BCUT2D eigenvalue weighted by Crippen LogP contribution is -2.65. The van der Waals surface area contributed by atoms with E-state index in [1.807, 2.05) is 0 Å². The fourth-order valence-electron chi connectivity index (χ4n) is 4.53. The summed E-state index contributed by atoms with van der Waals surface area (Å²) in [6, 6.07) is 0. The fourth-order valence-corrected chi connectivity index (χ4v) is 15.8. The molecule has 2 aliphatic rings. The van der Waals surface area contributed by atoms with E-state index < -0.39 is 35.5 Å². The van der Waals surface area contributed by atoms with E-state index in [1.54, 1.807) is 0 Å². The molecular formula is C19H37FO4Si2. The first-order valence-corrected chi connectivity index (χ1v) is 13.9. The van der Waals surface area contributed by atoms with Gasteiger partial charge in [-0.3, -0.25) is 0 Å². The summed E-state index contributed by atoms with van der Waals surface area (Å²) in [4.78, 5) is 0. The molecule has 2 fully saturated rings. The van der Waals surface area contributed by atoms with Crippen LogP contribution < -0.4 is 0 Å². The fraction of sp³-hybridized carbons (Fsp3) is 0.895. The van der Waals surface area contributed by atoms with Gasteiger partial charge in [0, 0.05) is 12.5 Å². The molecule has 0 aromatic rings. The quantitative estimate of drug-likeness (QED) is 0.539. The molecule has 4 atom stereocenters. The van der Waals surface area contributed by atoms with Gasteiger partial charge in [-0.2, -0.15) is 0 Å². The lowest BCUT2D eigenvalue weighted by atomic mass is 10.0. The summed E-state index contributed by atoms with van der Waals surface area (Å²) in [5.74, 6) is -0.322. The van der Waals surface area contributed by atoms with Gasteiger partial charge in [-0.05, 0) is 27.7 Å². The molecule has 1 heterocycles. The summed E-state index contributed by atoms with van der Waals surface area (Å²) in [5.41, 5.74) is 1.27. The van der Waals surface area contributed by atoms with Gasteiger partial charge in [-0.25, -0.2) is 4.39 Å². The first-order chi connectivity index (χ1) is 11.9. The maximum Gasteiger partial charge on any atom is 0.335 e. The van der Waals surface area contributed by atoms with Crippen LogP contribution in [-0.4, -0.2) is 47.2 Å². The molecule has 152 valence electrons. The highest BCUT2D eigenvalue weighted by Gasteiger charge is 2.61. The van der Waals surface area contributed by atoms with Crippen molar-refractivity contribution in [3.05, 3.63) is 12.2 Å². The third kappa shape index (κ3) is 3.39. The number of halogens is 1. The molecule has 0 radical (unpaired) electrons. The van der Waals surface area contributed by atoms with E-state index in [0.717, 1.165) is 0 Å². The summed E-state index contributed by atoms with van der Waals surface area (Å²) < 4.78 is 35.1.